The predicted octanol–water partition coefficient (Wildman–Crippen LogP) is 4.76. The van der Waals surface area contributed by atoms with Crippen LogP contribution < -0.4 is 21.3 Å². The van der Waals surface area contributed by atoms with Crippen LogP contribution in [0.15, 0.2) is 42.6 Å². The van der Waals surface area contributed by atoms with E-state index in [1.54, 1.807) is 6.20 Å². The van der Waals surface area contributed by atoms with Gasteiger partial charge in [0.25, 0.3) is 5.91 Å². The smallest absolute Gasteiger partial charge is 0.256 e. The van der Waals surface area contributed by atoms with E-state index in [9.17, 15) is 4.79 Å². The van der Waals surface area contributed by atoms with Gasteiger partial charge in [-0.15, -0.1) is 0 Å². The molecule has 0 saturated heterocycles. The Morgan fingerprint density at radius 3 is 2.69 bits per heavy atom. The fraction of sp³-hybridized carbons (Fsp3) is 0.407. The van der Waals surface area contributed by atoms with Gasteiger partial charge < -0.3 is 21.3 Å². The summed E-state index contributed by atoms with van der Waals surface area (Å²) in [6.45, 7) is 9.53. The Kier molecular flexibility index (Phi) is 6.15. The van der Waals surface area contributed by atoms with E-state index >= 15 is 0 Å². The van der Waals surface area contributed by atoms with Crippen LogP contribution in [0.2, 0.25) is 0 Å². The van der Waals surface area contributed by atoms with Crippen molar-refractivity contribution >= 4 is 29.2 Å². The molecule has 1 aliphatic carbocycles. The molecule has 1 unspecified atom stereocenters. The summed E-state index contributed by atoms with van der Waals surface area (Å²) in [5.74, 6) is 1.30. The monoisotopic (exact) mass is 471 g/mol. The van der Waals surface area contributed by atoms with Gasteiger partial charge in [-0.3, -0.25) is 4.79 Å². The van der Waals surface area contributed by atoms with Gasteiger partial charge in [-0.05, 0) is 68.1 Å². The van der Waals surface area contributed by atoms with Gasteiger partial charge in [0.15, 0.2) is 0 Å². The molecular weight excluding hydrogens is 438 g/mol. The number of rotatable bonds is 6. The van der Waals surface area contributed by atoms with E-state index in [1.165, 1.54) is 11.1 Å². The second-order valence-electron chi connectivity index (χ2n) is 10.5. The Labute approximate surface area is 206 Å². The maximum Gasteiger partial charge on any atom is 0.256 e. The summed E-state index contributed by atoms with van der Waals surface area (Å²) in [5, 5.41) is 13.1. The zero-order valence-electron chi connectivity index (χ0n) is 20.8. The van der Waals surface area contributed by atoms with Gasteiger partial charge in [0.1, 0.15) is 17.2 Å². The molecule has 8 nitrogen and oxygen atoms in total. The van der Waals surface area contributed by atoms with E-state index in [2.05, 4.69) is 77.1 Å². The molecule has 0 radical (unpaired) electrons. The molecule has 3 aromatic rings. The first-order valence-electron chi connectivity index (χ1n) is 12.3. The summed E-state index contributed by atoms with van der Waals surface area (Å²) in [5.41, 5.74) is 4.81. The highest BCUT2D eigenvalue weighted by atomic mass is 16.1. The van der Waals surface area contributed by atoms with Crippen molar-refractivity contribution in [2.45, 2.75) is 64.5 Å². The molecule has 1 amide bonds. The molecule has 2 aliphatic rings. The molecular formula is C27H33N7O. The van der Waals surface area contributed by atoms with Gasteiger partial charge >= 0.3 is 0 Å². The Bertz CT molecular complexity index is 1250. The number of nitrogens with one attached hydrogen (secondary N) is 4. The van der Waals surface area contributed by atoms with Crippen LogP contribution in [0.1, 0.15) is 73.8 Å². The maximum absolute atomic E-state index is 12.9. The second kappa shape index (κ2) is 9.26. The molecule has 182 valence electrons. The molecule has 0 bridgehead atoms. The normalized spacial score (nSPS) is 17.4. The fourth-order valence-electron chi connectivity index (χ4n) is 4.20. The number of carbonyl (C=O) groups excluding carboxylic acids is 1. The van der Waals surface area contributed by atoms with Crippen molar-refractivity contribution in [3.05, 3.63) is 65.0 Å². The first kappa shape index (κ1) is 23.2. The molecule has 8 heteroatoms. The summed E-state index contributed by atoms with van der Waals surface area (Å²) >= 11 is 0. The Morgan fingerprint density at radius 1 is 1.09 bits per heavy atom. The van der Waals surface area contributed by atoms with Crippen LogP contribution in [0.5, 0.6) is 0 Å². The highest BCUT2D eigenvalue weighted by molar-refractivity contribution is 5.99. The molecule has 1 fully saturated rings. The predicted molar refractivity (Wildman–Crippen MR) is 139 cm³/mol. The lowest BCUT2D eigenvalue weighted by molar-refractivity contribution is 0.0951. The van der Waals surface area contributed by atoms with Gasteiger partial charge in [-0.1, -0.05) is 32.9 Å². The van der Waals surface area contributed by atoms with Gasteiger partial charge in [-0.2, -0.15) is 4.98 Å². The summed E-state index contributed by atoms with van der Waals surface area (Å²) in [4.78, 5) is 26.8. The number of benzene rings is 1. The second-order valence-corrected chi connectivity index (χ2v) is 10.5. The van der Waals surface area contributed by atoms with Crippen molar-refractivity contribution in [3.8, 4) is 0 Å². The largest absolute Gasteiger partial charge is 0.349 e. The molecule has 0 spiro atoms. The van der Waals surface area contributed by atoms with Crippen molar-refractivity contribution < 1.29 is 4.79 Å². The first-order valence-corrected chi connectivity index (χ1v) is 12.3. The van der Waals surface area contributed by atoms with Crippen LogP contribution in [0.4, 0.5) is 23.3 Å². The van der Waals surface area contributed by atoms with E-state index < -0.39 is 0 Å². The Morgan fingerprint density at radius 2 is 1.91 bits per heavy atom. The minimum atomic E-state index is -0.179. The van der Waals surface area contributed by atoms with Crippen molar-refractivity contribution in [2.75, 3.05) is 17.2 Å². The topological polar surface area (TPSA) is 104 Å². The van der Waals surface area contributed by atoms with Gasteiger partial charge in [0.05, 0.1) is 0 Å². The van der Waals surface area contributed by atoms with Crippen molar-refractivity contribution in [3.63, 3.8) is 0 Å². The number of fused-ring (bicyclic) bond motifs is 1. The average Bonchev–Trinajstić information content (AvgIpc) is 3.63. The lowest BCUT2D eigenvalue weighted by Crippen LogP contribution is -2.27. The zero-order valence-corrected chi connectivity index (χ0v) is 20.8. The molecule has 3 heterocycles. The third kappa shape index (κ3) is 5.43. The number of hydrogen-bond donors (Lipinski definition) is 4. The number of anilines is 4. The van der Waals surface area contributed by atoms with Crippen molar-refractivity contribution in [1.82, 2.24) is 25.6 Å². The van der Waals surface area contributed by atoms with Crippen LogP contribution in [-0.4, -0.2) is 33.4 Å². The standard InChI is InChI=1S/C27H33N7O/c1-16-20-14-19(9-8-17(20)12-13-28-16)31-26-29-15-21(25(35)30-18-10-11-18)24(34-26)33-23-7-5-6-22(32-23)27(2,3)4/h5-9,14-16,18,28H,10-13H2,1-4H3,(H,30,35)(H2,29,31,32,33,34). The zero-order chi connectivity index (χ0) is 24.6. The minimum Gasteiger partial charge on any atom is -0.349 e. The Hall–Kier alpha value is -3.52. The number of carbonyl (C=O) groups is 1. The highest BCUT2D eigenvalue weighted by Gasteiger charge is 2.26. The Balaban J connectivity index is 1.45. The van der Waals surface area contributed by atoms with E-state index in [0.29, 0.717) is 29.2 Å². The maximum atomic E-state index is 12.9. The molecule has 1 aliphatic heterocycles. The minimum absolute atomic E-state index is 0.0965. The molecule has 2 aromatic heterocycles. The van der Waals surface area contributed by atoms with Crippen LogP contribution in [0.3, 0.4) is 0 Å². The number of hydrogen-bond acceptors (Lipinski definition) is 7. The van der Waals surface area contributed by atoms with E-state index in [0.717, 1.165) is 37.2 Å². The van der Waals surface area contributed by atoms with E-state index in [4.69, 9.17) is 4.98 Å². The molecule has 5 rings (SSSR count). The van der Waals surface area contributed by atoms with Crippen LogP contribution in [0, 0.1) is 0 Å². The molecule has 1 aromatic carbocycles. The van der Waals surface area contributed by atoms with Crippen molar-refractivity contribution in [1.29, 1.82) is 0 Å². The average molecular weight is 472 g/mol. The first-order chi connectivity index (χ1) is 16.8. The van der Waals surface area contributed by atoms with Crippen LogP contribution in [-0.2, 0) is 11.8 Å². The lowest BCUT2D eigenvalue weighted by Gasteiger charge is -2.24. The van der Waals surface area contributed by atoms with Gasteiger partial charge in [0.2, 0.25) is 5.95 Å². The number of amides is 1. The molecule has 4 N–H and O–H groups in total. The number of nitrogens with zero attached hydrogens (tertiary/aromatic N) is 3. The van der Waals surface area contributed by atoms with Gasteiger partial charge in [0, 0.05) is 35.1 Å². The molecule has 1 saturated carbocycles. The third-order valence-electron chi connectivity index (χ3n) is 6.42. The number of pyridine rings is 1. The molecule has 1 atom stereocenters. The molecule has 35 heavy (non-hydrogen) atoms. The summed E-state index contributed by atoms with van der Waals surface area (Å²) in [6, 6.07) is 12.7. The van der Waals surface area contributed by atoms with E-state index in [-0.39, 0.29) is 17.4 Å². The lowest BCUT2D eigenvalue weighted by atomic mass is 9.92. The van der Waals surface area contributed by atoms with Crippen LogP contribution >= 0.6 is 0 Å². The summed E-state index contributed by atoms with van der Waals surface area (Å²) in [7, 11) is 0. The van der Waals surface area contributed by atoms with Crippen LogP contribution in [0.25, 0.3) is 0 Å². The third-order valence-corrected chi connectivity index (χ3v) is 6.42. The quantitative estimate of drug-likeness (QED) is 0.411. The SMILES string of the molecule is CC1NCCc2ccc(Nc3ncc(C(=O)NC4CC4)c(Nc4cccc(C(C)(C)C)n4)n3)cc21. The fourth-order valence-corrected chi connectivity index (χ4v) is 4.20. The summed E-state index contributed by atoms with van der Waals surface area (Å²) < 4.78 is 0. The van der Waals surface area contributed by atoms with Crippen molar-refractivity contribution in [2.24, 2.45) is 0 Å². The van der Waals surface area contributed by atoms with E-state index in [1.807, 2.05) is 18.2 Å². The van der Waals surface area contributed by atoms with Gasteiger partial charge in [-0.25, -0.2) is 9.97 Å². The summed E-state index contributed by atoms with van der Waals surface area (Å²) in [6.07, 6.45) is 4.62. The highest BCUT2D eigenvalue weighted by Crippen LogP contribution is 2.28. The number of aromatic nitrogens is 3.